The highest BCUT2D eigenvalue weighted by Gasteiger charge is 2.26. The number of aromatic nitrogens is 5. The van der Waals surface area contributed by atoms with E-state index in [1.165, 1.54) is 16.8 Å². The standard InChI is InChI=1S/C18H18FN5O3/c19-13-2-1-3-15(9-13)27-11-16-21-18(24(22-16)10-17(25)26)12-5-7-23-14(8-12)4-6-20-23/h1-4,6,9,12H,5,7-8,10-11H2,(H,25,26). The van der Waals surface area contributed by atoms with E-state index in [2.05, 4.69) is 15.2 Å². The first-order valence-corrected chi connectivity index (χ1v) is 8.63. The largest absolute Gasteiger partial charge is 0.485 e. The minimum Gasteiger partial charge on any atom is -0.485 e. The Morgan fingerprint density at radius 2 is 2.26 bits per heavy atom. The summed E-state index contributed by atoms with van der Waals surface area (Å²) in [7, 11) is 0. The molecule has 1 aliphatic heterocycles. The molecular weight excluding hydrogens is 353 g/mol. The van der Waals surface area contributed by atoms with Gasteiger partial charge in [-0.1, -0.05) is 6.07 Å². The van der Waals surface area contributed by atoms with Crippen molar-refractivity contribution in [3.05, 3.63) is 59.7 Å². The van der Waals surface area contributed by atoms with Crippen LogP contribution in [0.3, 0.4) is 0 Å². The fraction of sp³-hybridized carbons (Fsp3) is 0.333. The molecular formula is C18H18FN5O3. The maximum Gasteiger partial charge on any atom is 0.325 e. The molecule has 4 rings (SSSR count). The molecule has 1 N–H and O–H groups in total. The van der Waals surface area contributed by atoms with Crippen LogP contribution in [-0.4, -0.2) is 35.6 Å². The van der Waals surface area contributed by atoms with Gasteiger partial charge in [-0.2, -0.15) is 10.2 Å². The Kier molecular flexibility index (Phi) is 4.57. The number of hydrogen-bond acceptors (Lipinski definition) is 5. The number of carbonyl (C=O) groups is 1. The van der Waals surface area contributed by atoms with Crippen LogP contribution < -0.4 is 4.74 Å². The van der Waals surface area contributed by atoms with Gasteiger partial charge in [-0.25, -0.2) is 14.1 Å². The number of aliphatic carboxylic acids is 1. The second-order valence-corrected chi connectivity index (χ2v) is 6.42. The summed E-state index contributed by atoms with van der Waals surface area (Å²) in [6.07, 6.45) is 3.29. The van der Waals surface area contributed by atoms with Gasteiger partial charge in [-0.05, 0) is 31.0 Å². The molecule has 3 heterocycles. The first-order chi connectivity index (χ1) is 13.1. The summed E-state index contributed by atoms with van der Waals surface area (Å²) in [6, 6.07) is 7.76. The fourth-order valence-electron chi connectivity index (χ4n) is 3.30. The minimum absolute atomic E-state index is 0.0354. The molecule has 1 atom stereocenters. The van der Waals surface area contributed by atoms with Crippen LogP contribution in [0.4, 0.5) is 4.39 Å². The number of halogens is 1. The molecule has 0 saturated carbocycles. The molecule has 1 unspecified atom stereocenters. The van der Waals surface area contributed by atoms with Crippen LogP contribution in [0.5, 0.6) is 5.75 Å². The summed E-state index contributed by atoms with van der Waals surface area (Å²) in [5.41, 5.74) is 1.09. The summed E-state index contributed by atoms with van der Waals surface area (Å²) in [6.45, 7) is 0.522. The summed E-state index contributed by atoms with van der Waals surface area (Å²) in [4.78, 5) is 15.7. The van der Waals surface area contributed by atoms with Crippen molar-refractivity contribution in [1.29, 1.82) is 0 Å². The smallest absolute Gasteiger partial charge is 0.325 e. The lowest BCUT2D eigenvalue weighted by molar-refractivity contribution is -0.138. The quantitative estimate of drug-likeness (QED) is 0.712. The zero-order valence-electron chi connectivity index (χ0n) is 14.5. The van der Waals surface area contributed by atoms with Gasteiger partial charge in [-0.3, -0.25) is 9.48 Å². The van der Waals surface area contributed by atoms with Crippen LogP contribution >= 0.6 is 0 Å². The predicted octanol–water partition coefficient (Wildman–Crippen LogP) is 2.01. The third-order valence-electron chi connectivity index (χ3n) is 4.51. The van der Waals surface area contributed by atoms with Crippen LogP contribution in [0.15, 0.2) is 36.5 Å². The number of benzene rings is 1. The maximum atomic E-state index is 13.3. The molecule has 0 spiro atoms. The van der Waals surface area contributed by atoms with E-state index in [9.17, 15) is 14.3 Å². The number of ether oxygens (including phenoxy) is 1. The van der Waals surface area contributed by atoms with Gasteiger partial charge in [0.1, 0.15) is 30.5 Å². The number of hydrogen-bond donors (Lipinski definition) is 1. The van der Waals surface area contributed by atoms with Crippen molar-refractivity contribution in [3.8, 4) is 5.75 Å². The highest BCUT2D eigenvalue weighted by molar-refractivity contribution is 5.66. The van der Waals surface area contributed by atoms with Crippen LogP contribution in [0, 0.1) is 5.82 Å². The van der Waals surface area contributed by atoms with Gasteiger partial charge in [-0.15, -0.1) is 0 Å². The number of carboxylic acids is 1. The molecule has 0 fully saturated rings. The molecule has 1 aromatic carbocycles. The molecule has 0 saturated heterocycles. The maximum absolute atomic E-state index is 13.3. The fourth-order valence-corrected chi connectivity index (χ4v) is 3.30. The zero-order valence-corrected chi connectivity index (χ0v) is 14.5. The summed E-state index contributed by atoms with van der Waals surface area (Å²) in [5, 5.41) is 17.7. The minimum atomic E-state index is -0.986. The van der Waals surface area contributed by atoms with Crippen molar-refractivity contribution < 1.29 is 19.0 Å². The molecule has 0 aliphatic carbocycles. The van der Waals surface area contributed by atoms with Crippen molar-refractivity contribution in [2.24, 2.45) is 0 Å². The second kappa shape index (κ2) is 7.18. The summed E-state index contributed by atoms with van der Waals surface area (Å²) < 4.78 is 22.2. The second-order valence-electron chi connectivity index (χ2n) is 6.42. The summed E-state index contributed by atoms with van der Waals surface area (Å²) in [5.74, 6) is 0.0462. The molecule has 140 valence electrons. The molecule has 2 aromatic heterocycles. The highest BCUT2D eigenvalue weighted by atomic mass is 19.1. The molecule has 8 nitrogen and oxygen atoms in total. The van der Waals surface area contributed by atoms with E-state index in [4.69, 9.17) is 4.74 Å². The molecule has 27 heavy (non-hydrogen) atoms. The van der Waals surface area contributed by atoms with Crippen LogP contribution in [-0.2, 0) is 30.9 Å². The van der Waals surface area contributed by atoms with Crippen molar-refractivity contribution in [3.63, 3.8) is 0 Å². The van der Waals surface area contributed by atoms with E-state index in [1.54, 1.807) is 18.3 Å². The monoisotopic (exact) mass is 371 g/mol. The van der Waals surface area contributed by atoms with Gasteiger partial charge in [0.2, 0.25) is 0 Å². The Bertz CT molecular complexity index is 968. The van der Waals surface area contributed by atoms with Crippen molar-refractivity contribution in [2.75, 3.05) is 0 Å². The van der Waals surface area contributed by atoms with E-state index in [0.29, 0.717) is 17.4 Å². The lowest BCUT2D eigenvalue weighted by Crippen LogP contribution is -2.23. The number of fused-ring (bicyclic) bond motifs is 1. The van der Waals surface area contributed by atoms with Gasteiger partial charge in [0, 0.05) is 30.4 Å². The van der Waals surface area contributed by atoms with E-state index < -0.39 is 11.8 Å². The van der Waals surface area contributed by atoms with E-state index >= 15 is 0 Å². The van der Waals surface area contributed by atoms with Gasteiger partial charge in [0.05, 0.1) is 0 Å². The zero-order chi connectivity index (χ0) is 18.8. The average molecular weight is 371 g/mol. The number of aryl methyl sites for hydroxylation is 1. The van der Waals surface area contributed by atoms with E-state index in [-0.39, 0.29) is 19.1 Å². The van der Waals surface area contributed by atoms with Crippen LogP contribution in [0.2, 0.25) is 0 Å². The van der Waals surface area contributed by atoms with Crippen molar-refractivity contribution >= 4 is 5.97 Å². The Morgan fingerprint density at radius 3 is 3.07 bits per heavy atom. The average Bonchev–Trinajstić information content (AvgIpc) is 3.25. The van der Waals surface area contributed by atoms with Crippen LogP contribution in [0.1, 0.15) is 29.7 Å². The normalized spacial score (nSPS) is 16.1. The Balaban J connectivity index is 1.54. The lowest BCUT2D eigenvalue weighted by Gasteiger charge is -2.22. The van der Waals surface area contributed by atoms with Crippen molar-refractivity contribution in [1.82, 2.24) is 24.5 Å². The number of nitrogens with zero attached hydrogens (tertiary/aromatic N) is 5. The van der Waals surface area contributed by atoms with Gasteiger partial charge < -0.3 is 9.84 Å². The third-order valence-corrected chi connectivity index (χ3v) is 4.51. The first-order valence-electron chi connectivity index (χ1n) is 8.63. The molecule has 0 amide bonds. The lowest BCUT2D eigenvalue weighted by atomic mass is 9.95. The highest BCUT2D eigenvalue weighted by Crippen LogP contribution is 2.28. The van der Waals surface area contributed by atoms with Crippen molar-refractivity contribution in [2.45, 2.75) is 38.5 Å². The first kappa shape index (κ1) is 17.2. The van der Waals surface area contributed by atoms with E-state index in [0.717, 1.165) is 25.1 Å². The number of carboxylic acid groups (broad SMARTS) is 1. The third kappa shape index (κ3) is 3.81. The number of rotatable bonds is 6. The molecule has 0 bridgehead atoms. The molecule has 3 aromatic rings. The Hall–Kier alpha value is -3.23. The topological polar surface area (TPSA) is 95.1 Å². The van der Waals surface area contributed by atoms with E-state index in [1.807, 2.05) is 10.7 Å². The Labute approximate surface area is 154 Å². The molecule has 1 aliphatic rings. The van der Waals surface area contributed by atoms with Gasteiger partial charge in [0.15, 0.2) is 5.82 Å². The Morgan fingerprint density at radius 1 is 1.37 bits per heavy atom. The molecule has 0 radical (unpaired) electrons. The van der Waals surface area contributed by atoms with Gasteiger partial charge in [0.25, 0.3) is 0 Å². The SMILES string of the molecule is O=C(O)Cn1nc(COc2cccc(F)c2)nc1C1CCn2nccc2C1. The van der Waals surface area contributed by atoms with Gasteiger partial charge >= 0.3 is 5.97 Å². The van der Waals surface area contributed by atoms with Crippen LogP contribution in [0.25, 0.3) is 0 Å². The summed E-state index contributed by atoms with van der Waals surface area (Å²) >= 11 is 0. The molecule has 9 heteroatoms. The predicted molar refractivity (Wildman–Crippen MR) is 91.7 cm³/mol.